The van der Waals surface area contributed by atoms with E-state index in [1.165, 1.54) is 10.4 Å². The smallest absolute Gasteiger partial charge is 0.243 e. The second kappa shape index (κ2) is 6.70. The summed E-state index contributed by atoms with van der Waals surface area (Å²) in [6.07, 6.45) is 0.737. The molecule has 0 aromatic heterocycles. The lowest BCUT2D eigenvalue weighted by atomic mass is 9.99. The Bertz CT molecular complexity index is 839. The molecule has 0 amide bonds. The minimum atomic E-state index is -3.67. The Labute approximate surface area is 145 Å². The van der Waals surface area contributed by atoms with Crippen LogP contribution in [0.4, 0.5) is 4.39 Å². The summed E-state index contributed by atoms with van der Waals surface area (Å²) in [4.78, 5) is 0.0179. The van der Waals surface area contributed by atoms with Gasteiger partial charge in [-0.1, -0.05) is 23.7 Å². The highest BCUT2D eigenvalue weighted by molar-refractivity contribution is 7.89. The summed E-state index contributed by atoms with van der Waals surface area (Å²) in [6, 6.07) is 11.1. The molecule has 1 heterocycles. The summed E-state index contributed by atoms with van der Waals surface area (Å²) >= 11 is 5.71. The van der Waals surface area contributed by atoms with Gasteiger partial charge in [-0.3, -0.25) is 0 Å². The SMILES string of the molecule is COc1ccc([C@@H]2CCN(S(=O)(=O)c3ccc(F)c(Cl)c3)C2)cc1. The Morgan fingerprint density at radius 2 is 1.92 bits per heavy atom. The first-order chi connectivity index (χ1) is 11.4. The second-order valence-electron chi connectivity index (χ2n) is 5.70. The molecule has 1 atom stereocenters. The average Bonchev–Trinajstić information content (AvgIpc) is 3.08. The third-order valence-corrected chi connectivity index (χ3v) is 6.42. The van der Waals surface area contributed by atoms with Gasteiger partial charge in [0.25, 0.3) is 0 Å². The van der Waals surface area contributed by atoms with Crippen LogP contribution in [0.25, 0.3) is 0 Å². The standard InChI is InChI=1S/C17H17ClFNO3S/c1-23-14-4-2-12(3-5-14)13-8-9-20(11-13)24(21,22)15-6-7-17(19)16(18)10-15/h2-7,10,13H,8-9,11H2,1H3/t13-/m1/s1. The van der Waals surface area contributed by atoms with Gasteiger partial charge < -0.3 is 4.74 Å². The van der Waals surface area contributed by atoms with Crippen LogP contribution in [-0.2, 0) is 10.0 Å². The van der Waals surface area contributed by atoms with E-state index in [-0.39, 0.29) is 15.8 Å². The summed E-state index contributed by atoms with van der Waals surface area (Å²) in [6.45, 7) is 0.817. The summed E-state index contributed by atoms with van der Waals surface area (Å²) in [7, 11) is -2.07. The molecule has 3 rings (SSSR count). The Kier molecular flexibility index (Phi) is 4.80. The first-order valence-electron chi connectivity index (χ1n) is 7.51. The van der Waals surface area contributed by atoms with E-state index in [9.17, 15) is 12.8 Å². The highest BCUT2D eigenvalue weighted by Gasteiger charge is 2.33. The van der Waals surface area contributed by atoms with E-state index in [4.69, 9.17) is 16.3 Å². The van der Waals surface area contributed by atoms with Crippen molar-refractivity contribution < 1.29 is 17.5 Å². The molecule has 1 aliphatic heterocycles. The predicted octanol–water partition coefficient (Wildman–Crippen LogP) is 3.67. The van der Waals surface area contributed by atoms with Crippen molar-refractivity contribution in [2.45, 2.75) is 17.2 Å². The first-order valence-corrected chi connectivity index (χ1v) is 9.33. The van der Waals surface area contributed by atoms with Gasteiger partial charge in [0.15, 0.2) is 0 Å². The average molecular weight is 370 g/mol. The normalized spacial score (nSPS) is 18.7. The van der Waals surface area contributed by atoms with Gasteiger partial charge in [-0.15, -0.1) is 0 Å². The van der Waals surface area contributed by atoms with Crippen LogP contribution in [0.2, 0.25) is 5.02 Å². The summed E-state index contributed by atoms with van der Waals surface area (Å²) in [5, 5.41) is -0.193. The fraction of sp³-hybridized carbons (Fsp3) is 0.294. The third-order valence-electron chi connectivity index (χ3n) is 4.27. The molecule has 1 fully saturated rings. The van der Waals surface area contributed by atoms with Crippen LogP contribution in [0, 0.1) is 5.82 Å². The van der Waals surface area contributed by atoms with Crippen LogP contribution in [0.3, 0.4) is 0 Å². The van der Waals surface area contributed by atoms with Gasteiger partial charge in [0.1, 0.15) is 11.6 Å². The molecule has 0 saturated carbocycles. The molecule has 1 saturated heterocycles. The van der Waals surface area contributed by atoms with Crippen LogP contribution in [0.5, 0.6) is 5.75 Å². The Morgan fingerprint density at radius 3 is 2.54 bits per heavy atom. The molecule has 0 radical (unpaired) electrons. The van der Waals surface area contributed by atoms with Crippen molar-refractivity contribution in [3.05, 3.63) is 58.9 Å². The van der Waals surface area contributed by atoms with E-state index < -0.39 is 15.8 Å². The van der Waals surface area contributed by atoms with Crippen molar-refractivity contribution in [1.82, 2.24) is 4.31 Å². The Balaban J connectivity index is 1.79. The number of ether oxygens (including phenoxy) is 1. The zero-order chi connectivity index (χ0) is 17.3. The molecule has 0 aliphatic carbocycles. The fourth-order valence-corrected chi connectivity index (χ4v) is 4.65. The van der Waals surface area contributed by atoms with Crippen LogP contribution >= 0.6 is 11.6 Å². The first kappa shape index (κ1) is 17.2. The maximum absolute atomic E-state index is 13.3. The molecule has 0 N–H and O–H groups in total. The molecule has 0 spiro atoms. The molecule has 4 nitrogen and oxygen atoms in total. The molecule has 24 heavy (non-hydrogen) atoms. The molecule has 1 aliphatic rings. The van der Waals surface area contributed by atoms with Crippen molar-refractivity contribution in [2.24, 2.45) is 0 Å². The van der Waals surface area contributed by atoms with E-state index in [1.807, 2.05) is 24.3 Å². The lowest BCUT2D eigenvalue weighted by Crippen LogP contribution is -2.28. The van der Waals surface area contributed by atoms with E-state index >= 15 is 0 Å². The van der Waals surface area contributed by atoms with E-state index in [0.717, 1.165) is 29.9 Å². The summed E-state index contributed by atoms with van der Waals surface area (Å²) in [5.74, 6) is 0.261. The molecule has 128 valence electrons. The van der Waals surface area contributed by atoms with Gasteiger partial charge in [-0.2, -0.15) is 4.31 Å². The quantitative estimate of drug-likeness (QED) is 0.826. The van der Waals surface area contributed by atoms with Crippen molar-refractivity contribution in [3.8, 4) is 5.75 Å². The van der Waals surface area contributed by atoms with Crippen molar-refractivity contribution in [1.29, 1.82) is 0 Å². The Hall–Kier alpha value is -1.63. The van der Waals surface area contributed by atoms with E-state index in [1.54, 1.807) is 7.11 Å². The minimum Gasteiger partial charge on any atom is -0.497 e. The van der Waals surface area contributed by atoms with Crippen LogP contribution in [0.15, 0.2) is 47.4 Å². The van der Waals surface area contributed by atoms with E-state index in [2.05, 4.69) is 0 Å². The molecule has 2 aromatic rings. The third kappa shape index (κ3) is 3.27. The lowest BCUT2D eigenvalue weighted by Gasteiger charge is -2.17. The van der Waals surface area contributed by atoms with Gasteiger partial charge in [-0.05, 0) is 48.2 Å². The molecular weight excluding hydrogens is 353 g/mol. The monoisotopic (exact) mass is 369 g/mol. The second-order valence-corrected chi connectivity index (χ2v) is 8.04. The fourth-order valence-electron chi connectivity index (χ4n) is 2.88. The highest BCUT2D eigenvalue weighted by Crippen LogP contribution is 2.32. The van der Waals surface area contributed by atoms with Crippen molar-refractivity contribution in [2.75, 3.05) is 20.2 Å². The van der Waals surface area contributed by atoms with Crippen molar-refractivity contribution in [3.63, 3.8) is 0 Å². The number of benzene rings is 2. The Morgan fingerprint density at radius 1 is 1.21 bits per heavy atom. The van der Waals surface area contributed by atoms with Gasteiger partial charge in [0.2, 0.25) is 10.0 Å². The number of hydrogen-bond donors (Lipinski definition) is 0. The molecule has 2 aromatic carbocycles. The predicted molar refractivity (Wildman–Crippen MR) is 90.5 cm³/mol. The van der Waals surface area contributed by atoms with Gasteiger partial charge in [0, 0.05) is 13.1 Å². The number of hydrogen-bond acceptors (Lipinski definition) is 3. The number of rotatable bonds is 4. The molecule has 0 bridgehead atoms. The van der Waals surface area contributed by atoms with E-state index in [0.29, 0.717) is 13.1 Å². The van der Waals surface area contributed by atoms with Gasteiger partial charge in [-0.25, -0.2) is 12.8 Å². The zero-order valence-electron chi connectivity index (χ0n) is 13.1. The molecule has 0 unspecified atom stereocenters. The highest BCUT2D eigenvalue weighted by atomic mass is 35.5. The van der Waals surface area contributed by atoms with Gasteiger partial charge >= 0.3 is 0 Å². The number of halogens is 2. The van der Waals surface area contributed by atoms with Crippen LogP contribution in [-0.4, -0.2) is 32.9 Å². The number of sulfonamides is 1. The maximum Gasteiger partial charge on any atom is 0.243 e. The summed E-state index contributed by atoms with van der Waals surface area (Å²) in [5.41, 5.74) is 1.07. The van der Waals surface area contributed by atoms with Crippen LogP contribution in [0.1, 0.15) is 17.9 Å². The van der Waals surface area contributed by atoms with Gasteiger partial charge in [0.05, 0.1) is 17.0 Å². The summed E-state index contributed by atoms with van der Waals surface area (Å²) < 4.78 is 45.2. The topological polar surface area (TPSA) is 46.6 Å². The maximum atomic E-state index is 13.3. The van der Waals surface area contributed by atoms with Crippen LogP contribution < -0.4 is 4.74 Å². The zero-order valence-corrected chi connectivity index (χ0v) is 14.6. The largest absolute Gasteiger partial charge is 0.497 e. The van der Waals surface area contributed by atoms with Crippen molar-refractivity contribution >= 4 is 21.6 Å². The minimum absolute atomic E-state index is 0.0179. The number of methoxy groups -OCH3 is 1. The molecular formula is C17H17ClFNO3S. The molecule has 7 heteroatoms. The number of nitrogens with zero attached hydrogens (tertiary/aromatic N) is 1. The lowest BCUT2D eigenvalue weighted by molar-refractivity contribution is 0.414.